The zero-order valence-electron chi connectivity index (χ0n) is 20.0. The summed E-state index contributed by atoms with van der Waals surface area (Å²) < 4.78 is 71.0. The van der Waals surface area contributed by atoms with Gasteiger partial charge in [-0.3, -0.25) is 13.7 Å². The van der Waals surface area contributed by atoms with Crippen LogP contribution in [0.25, 0.3) is 0 Å². The fraction of sp³-hybridized carbons (Fsp3) is 0.364. The Kier molecular flexibility index (Phi) is 8.25. The molecular weight excluding hydrogens is 569 g/mol. The summed E-state index contributed by atoms with van der Waals surface area (Å²) in [5, 5.41) is 27.2. The van der Waals surface area contributed by atoms with E-state index in [9.17, 15) is 36.6 Å². The Morgan fingerprint density at radius 2 is 2.00 bits per heavy atom. The number of benzene rings is 1. The van der Waals surface area contributed by atoms with Crippen molar-refractivity contribution in [3.63, 3.8) is 0 Å². The van der Waals surface area contributed by atoms with Gasteiger partial charge in [-0.25, -0.2) is 9.97 Å². The first-order valence-electron chi connectivity index (χ1n) is 11.3. The van der Waals surface area contributed by atoms with Gasteiger partial charge >= 0.3 is 16.5 Å². The number of hydrogen-bond donors (Lipinski definition) is 4. The van der Waals surface area contributed by atoms with E-state index in [4.69, 9.17) is 15.8 Å². The van der Waals surface area contributed by atoms with Gasteiger partial charge in [0, 0.05) is 25.9 Å². The maximum Gasteiger partial charge on any atom is 0.417 e. The van der Waals surface area contributed by atoms with Gasteiger partial charge in [0.05, 0.1) is 28.7 Å². The average molecular weight is 591 g/mol. The molecule has 1 aliphatic carbocycles. The molecule has 1 fully saturated rings. The van der Waals surface area contributed by atoms with E-state index in [1.165, 1.54) is 29.2 Å². The first kappa shape index (κ1) is 28.8. The molecule has 0 spiro atoms. The predicted molar refractivity (Wildman–Crippen MR) is 130 cm³/mol. The van der Waals surface area contributed by atoms with Crippen molar-refractivity contribution in [2.45, 2.75) is 43.5 Å². The third-order valence-electron chi connectivity index (χ3n) is 5.96. The number of nitrogens with zero attached hydrogens (tertiary/aromatic N) is 4. The van der Waals surface area contributed by atoms with Crippen LogP contribution in [0.15, 0.2) is 43.0 Å². The Bertz CT molecular complexity index is 1470. The Balaban J connectivity index is 1.50. The number of nitrogens with one attached hydrogen (secondary N) is 2. The summed E-state index contributed by atoms with van der Waals surface area (Å²) in [5.41, 5.74) is -0.851. The second-order valence-corrected chi connectivity index (χ2v) is 10.5. The topological polar surface area (TPSA) is 169 Å². The van der Waals surface area contributed by atoms with Crippen molar-refractivity contribution >= 4 is 33.5 Å². The molecule has 0 aliphatic heterocycles. The molecule has 0 saturated heterocycles. The Morgan fingerprint density at radius 3 is 2.69 bits per heavy atom. The highest BCUT2D eigenvalue weighted by atomic mass is 35.5. The van der Waals surface area contributed by atoms with Crippen LogP contribution in [-0.2, 0) is 27.2 Å². The molecule has 2 heterocycles. The number of alkyl halides is 3. The van der Waals surface area contributed by atoms with Crippen LogP contribution in [0.3, 0.4) is 0 Å². The Labute approximate surface area is 225 Å². The summed E-state index contributed by atoms with van der Waals surface area (Å²) in [6, 6.07) is 3.86. The van der Waals surface area contributed by atoms with Crippen LogP contribution >= 0.6 is 11.6 Å². The monoisotopic (exact) mass is 590 g/mol. The SMILES string of the molecule is CNS(=O)(=O)O[C@@H]1C[C@@H](Nc2ncncc2C(=O)c2ccn(Cc3ccc(Cl)c(C(F)(F)F)c3)n2)[C@H](O)[C@H]1O. The van der Waals surface area contributed by atoms with Crippen LogP contribution in [0.2, 0.25) is 5.02 Å². The van der Waals surface area contributed by atoms with Crippen molar-refractivity contribution in [1.29, 1.82) is 0 Å². The minimum absolute atomic E-state index is 0.0227. The van der Waals surface area contributed by atoms with Crippen molar-refractivity contribution < 1.29 is 40.8 Å². The summed E-state index contributed by atoms with van der Waals surface area (Å²) in [6.45, 7) is -0.0764. The molecule has 2 aromatic heterocycles. The molecule has 4 atom stereocenters. The van der Waals surface area contributed by atoms with Gasteiger partial charge in [-0.05, 0) is 23.8 Å². The van der Waals surface area contributed by atoms with Crippen LogP contribution in [-0.4, -0.2) is 75.6 Å². The molecule has 12 nitrogen and oxygen atoms in total. The van der Waals surface area contributed by atoms with Gasteiger partial charge in [-0.1, -0.05) is 17.7 Å². The summed E-state index contributed by atoms with van der Waals surface area (Å²) in [6.07, 6.45) is -5.31. The molecule has 0 radical (unpaired) electrons. The van der Waals surface area contributed by atoms with Gasteiger partial charge in [0.15, 0.2) is 0 Å². The van der Waals surface area contributed by atoms with E-state index in [-0.39, 0.29) is 35.6 Å². The Hall–Kier alpha value is -3.15. The fourth-order valence-electron chi connectivity index (χ4n) is 4.01. The lowest BCUT2D eigenvalue weighted by Gasteiger charge is -2.19. The molecule has 17 heteroatoms. The number of aromatic nitrogens is 4. The number of anilines is 1. The molecule has 0 unspecified atom stereocenters. The molecule has 1 aromatic carbocycles. The molecule has 1 aliphatic rings. The third-order valence-corrected chi connectivity index (χ3v) is 7.29. The second kappa shape index (κ2) is 11.1. The molecule has 0 bridgehead atoms. The van der Waals surface area contributed by atoms with Crippen LogP contribution in [0.5, 0.6) is 0 Å². The van der Waals surface area contributed by atoms with E-state index >= 15 is 0 Å². The molecule has 0 amide bonds. The number of ketones is 1. The minimum atomic E-state index is -4.63. The number of carbonyl (C=O) groups excluding carboxylic acids is 1. The lowest BCUT2D eigenvalue weighted by atomic mass is 10.1. The first-order chi connectivity index (χ1) is 18.3. The molecule has 4 rings (SSSR count). The minimum Gasteiger partial charge on any atom is -0.388 e. The van der Waals surface area contributed by atoms with Gasteiger partial charge in [-0.15, -0.1) is 0 Å². The van der Waals surface area contributed by atoms with E-state index in [1.54, 1.807) is 0 Å². The zero-order valence-corrected chi connectivity index (χ0v) is 21.6. The molecule has 4 N–H and O–H groups in total. The van der Waals surface area contributed by atoms with Crippen LogP contribution in [0, 0.1) is 0 Å². The zero-order chi connectivity index (χ0) is 28.5. The highest BCUT2D eigenvalue weighted by molar-refractivity contribution is 7.84. The van der Waals surface area contributed by atoms with Crippen molar-refractivity contribution in [2.24, 2.45) is 0 Å². The van der Waals surface area contributed by atoms with Gasteiger partial charge in [-0.2, -0.15) is 31.4 Å². The number of rotatable bonds is 9. The van der Waals surface area contributed by atoms with E-state index < -0.39 is 57.2 Å². The quantitative estimate of drug-likeness (QED) is 0.267. The predicted octanol–water partition coefficient (Wildman–Crippen LogP) is 1.38. The van der Waals surface area contributed by atoms with Gasteiger partial charge < -0.3 is 15.5 Å². The van der Waals surface area contributed by atoms with E-state index in [0.29, 0.717) is 0 Å². The first-order valence-corrected chi connectivity index (χ1v) is 13.1. The summed E-state index contributed by atoms with van der Waals surface area (Å²) in [4.78, 5) is 21.0. The lowest BCUT2D eigenvalue weighted by molar-refractivity contribution is -0.137. The maximum atomic E-state index is 13.2. The highest BCUT2D eigenvalue weighted by Gasteiger charge is 2.44. The van der Waals surface area contributed by atoms with Crippen molar-refractivity contribution in [3.05, 3.63) is 70.4 Å². The molecular formula is C22H22ClF3N6O6S. The molecule has 210 valence electrons. The summed E-state index contributed by atoms with van der Waals surface area (Å²) in [7, 11) is -3.02. The van der Waals surface area contributed by atoms with Gasteiger partial charge in [0.2, 0.25) is 5.78 Å². The van der Waals surface area contributed by atoms with Crippen LogP contribution in [0.1, 0.15) is 33.6 Å². The van der Waals surface area contributed by atoms with Crippen molar-refractivity contribution in [2.75, 3.05) is 12.4 Å². The van der Waals surface area contributed by atoms with E-state index in [0.717, 1.165) is 25.5 Å². The average Bonchev–Trinajstić information content (AvgIpc) is 3.44. The van der Waals surface area contributed by atoms with Gasteiger partial charge in [0.25, 0.3) is 0 Å². The van der Waals surface area contributed by atoms with E-state index in [2.05, 4.69) is 20.4 Å². The maximum absolute atomic E-state index is 13.2. The smallest absolute Gasteiger partial charge is 0.388 e. The summed E-state index contributed by atoms with van der Waals surface area (Å²) >= 11 is 5.66. The third kappa shape index (κ3) is 6.54. The summed E-state index contributed by atoms with van der Waals surface area (Å²) in [5.74, 6) is -0.659. The van der Waals surface area contributed by atoms with Gasteiger partial charge in [0.1, 0.15) is 36.2 Å². The molecule has 1 saturated carbocycles. The largest absolute Gasteiger partial charge is 0.417 e. The van der Waals surface area contributed by atoms with Crippen LogP contribution < -0.4 is 10.0 Å². The number of aliphatic hydroxyl groups excluding tert-OH is 2. The van der Waals surface area contributed by atoms with E-state index in [1.807, 2.05) is 4.72 Å². The molecule has 39 heavy (non-hydrogen) atoms. The molecule has 3 aromatic rings. The Morgan fingerprint density at radius 1 is 1.26 bits per heavy atom. The fourth-order valence-corrected chi connectivity index (χ4v) is 4.85. The number of carbonyl (C=O) groups is 1. The highest BCUT2D eigenvalue weighted by Crippen LogP contribution is 2.35. The number of aliphatic hydroxyl groups is 2. The number of halogens is 4. The normalized spacial score (nSPS) is 21.7. The second-order valence-electron chi connectivity index (χ2n) is 8.59. The van der Waals surface area contributed by atoms with Crippen molar-refractivity contribution in [1.82, 2.24) is 24.5 Å². The standard InChI is InChI=1S/C22H22ClF3N6O6S/c1-27-39(36,37)38-17-7-16(19(34)20(17)35)30-21-12(8-28-10-29-21)18(33)15-4-5-32(31-15)9-11-2-3-14(23)13(6-11)22(24,25)26/h2-6,8,10,16-17,19-20,27,34-35H,7,9H2,1H3,(H,28,29,30)/t16-,17-,19+,20+/m1/s1. The van der Waals surface area contributed by atoms with Crippen LogP contribution in [0.4, 0.5) is 19.0 Å². The van der Waals surface area contributed by atoms with Crippen molar-refractivity contribution in [3.8, 4) is 0 Å². The lowest BCUT2D eigenvalue weighted by Crippen LogP contribution is -2.38. The number of hydrogen-bond acceptors (Lipinski definition) is 10.